The van der Waals surface area contributed by atoms with Gasteiger partial charge in [-0.15, -0.1) is 5.10 Å². The van der Waals surface area contributed by atoms with Crippen LogP contribution in [0, 0.1) is 0 Å². The van der Waals surface area contributed by atoms with E-state index in [1.54, 1.807) is 17.8 Å². The van der Waals surface area contributed by atoms with Gasteiger partial charge in [0, 0.05) is 12.1 Å². The van der Waals surface area contributed by atoms with Crippen LogP contribution in [0.15, 0.2) is 42.6 Å². The summed E-state index contributed by atoms with van der Waals surface area (Å²) in [5.74, 6) is -0.834. The van der Waals surface area contributed by atoms with Crippen molar-refractivity contribution in [2.45, 2.75) is 51.3 Å². The largest absolute Gasteiger partial charge is 0.449 e. The van der Waals surface area contributed by atoms with Gasteiger partial charge < -0.3 is 10.1 Å². The number of esters is 1. The number of nitrogens with one attached hydrogen (secondary N) is 1. The SMILES string of the molecule is C[C@H](OC(=O)/C=C/c1cn(Cc2ccccc2)nn1)C(=O)NC1CCCC1. The minimum Gasteiger partial charge on any atom is -0.449 e. The lowest BCUT2D eigenvalue weighted by molar-refractivity contribution is -0.150. The number of benzene rings is 1. The molecule has 1 amide bonds. The molecule has 1 atom stereocenters. The van der Waals surface area contributed by atoms with Gasteiger partial charge in [-0.25, -0.2) is 9.48 Å². The van der Waals surface area contributed by atoms with E-state index in [-0.39, 0.29) is 11.9 Å². The maximum Gasteiger partial charge on any atom is 0.331 e. The fourth-order valence-electron chi connectivity index (χ4n) is 3.05. The van der Waals surface area contributed by atoms with E-state index < -0.39 is 12.1 Å². The zero-order valence-corrected chi connectivity index (χ0v) is 15.4. The summed E-state index contributed by atoms with van der Waals surface area (Å²) in [5.41, 5.74) is 1.66. The van der Waals surface area contributed by atoms with Crippen LogP contribution in [0.1, 0.15) is 43.9 Å². The van der Waals surface area contributed by atoms with E-state index >= 15 is 0 Å². The predicted octanol–water partition coefficient (Wildman–Crippen LogP) is 2.33. The van der Waals surface area contributed by atoms with Crippen LogP contribution in [-0.4, -0.2) is 39.0 Å². The molecular formula is C20H24N4O3. The summed E-state index contributed by atoms with van der Waals surface area (Å²) in [6.07, 6.45) is 7.95. The van der Waals surface area contributed by atoms with Crippen LogP contribution in [0.25, 0.3) is 6.08 Å². The summed E-state index contributed by atoms with van der Waals surface area (Å²) < 4.78 is 6.85. The fraction of sp³-hybridized carbons (Fsp3) is 0.400. The summed E-state index contributed by atoms with van der Waals surface area (Å²) in [7, 11) is 0. The molecule has 0 saturated heterocycles. The number of carbonyl (C=O) groups excluding carboxylic acids is 2. The number of amides is 1. The quantitative estimate of drug-likeness (QED) is 0.599. The third kappa shape index (κ3) is 5.77. The molecule has 7 heteroatoms. The van der Waals surface area contributed by atoms with Crippen molar-refractivity contribution in [3.63, 3.8) is 0 Å². The second-order valence-electron chi connectivity index (χ2n) is 6.73. The maximum absolute atomic E-state index is 12.0. The van der Waals surface area contributed by atoms with Crippen LogP contribution >= 0.6 is 0 Å². The Morgan fingerprint density at radius 3 is 2.78 bits per heavy atom. The average Bonchev–Trinajstić information content (AvgIpc) is 3.33. The van der Waals surface area contributed by atoms with Gasteiger partial charge in [0.2, 0.25) is 0 Å². The molecule has 1 N–H and O–H groups in total. The minimum atomic E-state index is -0.823. The van der Waals surface area contributed by atoms with Crippen molar-refractivity contribution in [2.75, 3.05) is 0 Å². The number of rotatable bonds is 7. The number of ether oxygens (including phenoxy) is 1. The molecule has 1 aromatic heterocycles. The zero-order chi connectivity index (χ0) is 19.1. The van der Waals surface area contributed by atoms with Gasteiger partial charge in [-0.05, 0) is 31.4 Å². The molecule has 1 saturated carbocycles. The summed E-state index contributed by atoms with van der Waals surface area (Å²) in [6, 6.07) is 10.1. The Hall–Kier alpha value is -2.96. The number of hydrogen-bond donors (Lipinski definition) is 1. The van der Waals surface area contributed by atoms with Crippen LogP contribution < -0.4 is 5.32 Å². The van der Waals surface area contributed by atoms with Crippen molar-refractivity contribution in [2.24, 2.45) is 0 Å². The standard InChI is InChI=1S/C20H24N4O3/c1-15(20(26)21-17-9-5-6-10-17)27-19(25)12-11-18-14-24(23-22-18)13-16-7-3-2-4-8-16/h2-4,7-8,11-12,14-15,17H,5-6,9-10,13H2,1H3,(H,21,26)/b12-11+/t15-/m0/s1. The third-order valence-corrected chi connectivity index (χ3v) is 4.50. The second kappa shape index (κ2) is 9.12. The Morgan fingerprint density at radius 1 is 1.30 bits per heavy atom. The molecule has 0 radical (unpaired) electrons. The van der Waals surface area contributed by atoms with Gasteiger partial charge in [0.25, 0.3) is 5.91 Å². The number of aromatic nitrogens is 3. The van der Waals surface area contributed by atoms with Crippen molar-refractivity contribution in [1.29, 1.82) is 0 Å². The molecule has 1 aromatic carbocycles. The normalized spacial score (nSPS) is 15.7. The first-order valence-electron chi connectivity index (χ1n) is 9.23. The van der Waals surface area contributed by atoms with Gasteiger partial charge in [0.1, 0.15) is 5.69 Å². The van der Waals surface area contributed by atoms with E-state index in [1.165, 1.54) is 12.2 Å². The molecule has 0 spiro atoms. The Labute approximate surface area is 158 Å². The first-order valence-corrected chi connectivity index (χ1v) is 9.23. The van der Waals surface area contributed by atoms with Gasteiger partial charge in [-0.2, -0.15) is 0 Å². The molecule has 1 aliphatic carbocycles. The molecule has 0 unspecified atom stereocenters. The highest BCUT2D eigenvalue weighted by Gasteiger charge is 2.22. The number of carbonyl (C=O) groups is 2. The molecule has 1 aliphatic rings. The smallest absolute Gasteiger partial charge is 0.331 e. The Balaban J connectivity index is 1.47. The monoisotopic (exact) mass is 368 g/mol. The zero-order valence-electron chi connectivity index (χ0n) is 15.4. The Bertz CT molecular complexity index is 795. The van der Waals surface area contributed by atoms with Crippen molar-refractivity contribution in [3.05, 3.63) is 53.9 Å². The second-order valence-corrected chi connectivity index (χ2v) is 6.73. The highest BCUT2D eigenvalue weighted by atomic mass is 16.5. The molecule has 0 bridgehead atoms. The van der Waals surface area contributed by atoms with E-state index in [4.69, 9.17) is 4.74 Å². The summed E-state index contributed by atoms with van der Waals surface area (Å²) in [6.45, 7) is 2.18. The molecule has 3 rings (SSSR count). The fourth-order valence-corrected chi connectivity index (χ4v) is 3.05. The number of nitrogens with zero attached hydrogens (tertiary/aromatic N) is 3. The van der Waals surface area contributed by atoms with Gasteiger partial charge in [0.05, 0.1) is 12.7 Å². The van der Waals surface area contributed by atoms with Crippen LogP contribution in [0.4, 0.5) is 0 Å². The van der Waals surface area contributed by atoms with E-state index in [2.05, 4.69) is 15.6 Å². The van der Waals surface area contributed by atoms with Crippen LogP contribution in [0.2, 0.25) is 0 Å². The molecule has 2 aromatic rings. The maximum atomic E-state index is 12.0. The lowest BCUT2D eigenvalue weighted by Crippen LogP contribution is -2.40. The van der Waals surface area contributed by atoms with Gasteiger partial charge >= 0.3 is 5.97 Å². The first-order chi connectivity index (χ1) is 13.1. The van der Waals surface area contributed by atoms with Crippen LogP contribution in [-0.2, 0) is 20.9 Å². The van der Waals surface area contributed by atoms with E-state index in [0.29, 0.717) is 12.2 Å². The highest BCUT2D eigenvalue weighted by molar-refractivity contribution is 5.90. The lowest BCUT2D eigenvalue weighted by Gasteiger charge is -2.16. The summed E-state index contributed by atoms with van der Waals surface area (Å²) in [4.78, 5) is 24.0. The molecular weight excluding hydrogens is 344 g/mol. The van der Waals surface area contributed by atoms with Crippen molar-refractivity contribution in [3.8, 4) is 0 Å². The van der Waals surface area contributed by atoms with E-state index in [0.717, 1.165) is 31.2 Å². The molecule has 1 heterocycles. The Kier molecular flexibility index (Phi) is 6.35. The molecule has 1 fully saturated rings. The van der Waals surface area contributed by atoms with E-state index in [9.17, 15) is 9.59 Å². The lowest BCUT2D eigenvalue weighted by atomic mass is 10.2. The van der Waals surface area contributed by atoms with Gasteiger partial charge in [-0.3, -0.25) is 4.79 Å². The number of hydrogen-bond acceptors (Lipinski definition) is 5. The first kappa shape index (κ1) is 18.8. The van der Waals surface area contributed by atoms with Crippen molar-refractivity contribution < 1.29 is 14.3 Å². The van der Waals surface area contributed by atoms with Crippen LogP contribution in [0.5, 0.6) is 0 Å². The summed E-state index contributed by atoms with van der Waals surface area (Å²) >= 11 is 0. The Morgan fingerprint density at radius 2 is 2.04 bits per heavy atom. The van der Waals surface area contributed by atoms with Gasteiger partial charge in [-0.1, -0.05) is 48.4 Å². The minimum absolute atomic E-state index is 0.203. The average molecular weight is 368 g/mol. The van der Waals surface area contributed by atoms with Gasteiger partial charge in [0.15, 0.2) is 6.10 Å². The highest BCUT2D eigenvalue weighted by Crippen LogP contribution is 2.17. The summed E-state index contributed by atoms with van der Waals surface area (Å²) in [5, 5.41) is 11.0. The molecule has 27 heavy (non-hydrogen) atoms. The predicted molar refractivity (Wildman–Crippen MR) is 101 cm³/mol. The topological polar surface area (TPSA) is 86.1 Å². The van der Waals surface area contributed by atoms with Crippen molar-refractivity contribution >= 4 is 18.0 Å². The molecule has 142 valence electrons. The molecule has 0 aliphatic heterocycles. The van der Waals surface area contributed by atoms with Crippen LogP contribution in [0.3, 0.4) is 0 Å². The van der Waals surface area contributed by atoms with E-state index in [1.807, 2.05) is 30.3 Å². The van der Waals surface area contributed by atoms with Crippen molar-refractivity contribution in [1.82, 2.24) is 20.3 Å². The molecule has 7 nitrogen and oxygen atoms in total. The third-order valence-electron chi connectivity index (χ3n) is 4.50.